The molecule has 1 heterocycles. The SMILES string of the molecule is CCCNCc1oc2c(I)cccc2c1C(C)C. The molecule has 0 radical (unpaired) electrons. The summed E-state index contributed by atoms with van der Waals surface area (Å²) in [6.45, 7) is 8.50. The van der Waals surface area contributed by atoms with E-state index in [1.807, 2.05) is 0 Å². The Labute approximate surface area is 122 Å². The molecule has 0 bridgehead atoms. The molecule has 0 saturated carbocycles. The van der Waals surface area contributed by atoms with Gasteiger partial charge < -0.3 is 9.73 Å². The van der Waals surface area contributed by atoms with Gasteiger partial charge in [0.05, 0.1) is 10.1 Å². The van der Waals surface area contributed by atoms with Crippen LogP contribution >= 0.6 is 22.6 Å². The number of hydrogen-bond acceptors (Lipinski definition) is 2. The van der Waals surface area contributed by atoms with Crippen molar-refractivity contribution < 1.29 is 4.42 Å². The van der Waals surface area contributed by atoms with E-state index in [4.69, 9.17) is 4.42 Å². The maximum atomic E-state index is 6.07. The first-order chi connectivity index (χ1) is 8.65. The smallest absolute Gasteiger partial charge is 0.147 e. The fourth-order valence-electron chi connectivity index (χ4n) is 2.30. The Morgan fingerprint density at radius 3 is 2.78 bits per heavy atom. The third-order valence-corrected chi connectivity index (χ3v) is 3.92. The van der Waals surface area contributed by atoms with Gasteiger partial charge in [0.25, 0.3) is 0 Å². The summed E-state index contributed by atoms with van der Waals surface area (Å²) in [5.41, 5.74) is 2.39. The van der Waals surface area contributed by atoms with Crippen LogP contribution in [0.1, 0.15) is 44.4 Å². The lowest BCUT2D eigenvalue weighted by Crippen LogP contribution is -2.14. The Bertz CT molecular complexity index is 531. The van der Waals surface area contributed by atoms with Gasteiger partial charge in [0.1, 0.15) is 11.3 Å². The molecule has 2 rings (SSSR count). The Kier molecular flexibility index (Phi) is 4.67. The molecule has 1 N–H and O–H groups in total. The van der Waals surface area contributed by atoms with Crippen LogP contribution < -0.4 is 5.32 Å². The second kappa shape index (κ2) is 6.06. The largest absolute Gasteiger partial charge is 0.458 e. The Hall–Kier alpha value is -0.550. The molecule has 3 heteroatoms. The lowest BCUT2D eigenvalue weighted by Gasteiger charge is -2.07. The van der Waals surface area contributed by atoms with E-state index >= 15 is 0 Å². The maximum Gasteiger partial charge on any atom is 0.147 e. The molecule has 18 heavy (non-hydrogen) atoms. The van der Waals surface area contributed by atoms with E-state index in [-0.39, 0.29) is 0 Å². The van der Waals surface area contributed by atoms with Crippen molar-refractivity contribution in [2.24, 2.45) is 0 Å². The first-order valence-electron chi connectivity index (χ1n) is 6.55. The molecule has 2 nitrogen and oxygen atoms in total. The van der Waals surface area contributed by atoms with Crippen molar-refractivity contribution in [3.8, 4) is 0 Å². The van der Waals surface area contributed by atoms with Gasteiger partial charge in [-0.05, 0) is 47.5 Å². The molecule has 2 aromatic rings. The molecule has 0 spiro atoms. The molecule has 0 unspecified atom stereocenters. The number of fused-ring (bicyclic) bond motifs is 1. The molecule has 0 atom stereocenters. The van der Waals surface area contributed by atoms with Gasteiger partial charge >= 0.3 is 0 Å². The molecule has 1 aromatic carbocycles. The highest BCUT2D eigenvalue weighted by atomic mass is 127. The van der Waals surface area contributed by atoms with Crippen molar-refractivity contribution in [1.29, 1.82) is 0 Å². The second-order valence-corrected chi connectivity index (χ2v) is 6.05. The molecule has 0 aliphatic heterocycles. The fraction of sp³-hybridized carbons (Fsp3) is 0.467. The van der Waals surface area contributed by atoms with Crippen molar-refractivity contribution >= 4 is 33.6 Å². The van der Waals surface area contributed by atoms with Crippen molar-refractivity contribution in [1.82, 2.24) is 5.32 Å². The van der Waals surface area contributed by atoms with E-state index in [1.165, 1.54) is 14.5 Å². The third kappa shape index (κ3) is 2.72. The topological polar surface area (TPSA) is 25.2 Å². The normalized spacial score (nSPS) is 11.6. The molecule has 1 aromatic heterocycles. The predicted octanol–water partition coefficient (Wildman–Crippen LogP) is 4.66. The zero-order chi connectivity index (χ0) is 13.1. The van der Waals surface area contributed by atoms with Crippen molar-refractivity contribution in [2.75, 3.05) is 6.54 Å². The van der Waals surface area contributed by atoms with Crippen LogP contribution in [-0.2, 0) is 6.54 Å². The highest BCUT2D eigenvalue weighted by molar-refractivity contribution is 14.1. The van der Waals surface area contributed by atoms with Crippen LogP contribution in [0.5, 0.6) is 0 Å². The Balaban J connectivity index is 2.44. The zero-order valence-electron chi connectivity index (χ0n) is 11.2. The number of furan rings is 1. The van der Waals surface area contributed by atoms with Crippen LogP contribution in [0.2, 0.25) is 0 Å². The standard InChI is InChI=1S/C15H20INO/c1-4-8-17-9-13-14(10(2)3)11-6-5-7-12(16)15(11)18-13/h5-7,10,17H,4,8-9H2,1-3H3. The number of benzene rings is 1. The minimum Gasteiger partial charge on any atom is -0.458 e. The van der Waals surface area contributed by atoms with Gasteiger partial charge in [-0.3, -0.25) is 0 Å². The van der Waals surface area contributed by atoms with Gasteiger partial charge in [-0.25, -0.2) is 0 Å². The van der Waals surface area contributed by atoms with E-state index < -0.39 is 0 Å². The summed E-state index contributed by atoms with van der Waals surface area (Å²) in [7, 11) is 0. The summed E-state index contributed by atoms with van der Waals surface area (Å²) in [6.07, 6.45) is 1.15. The minimum absolute atomic E-state index is 0.489. The number of halogens is 1. The number of hydrogen-bond donors (Lipinski definition) is 1. The van der Waals surface area contributed by atoms with E-state index in [0.29, 0.717) is 5.92 Å². The molecule has 0 fully saturated rings. The number of rotatable bonds is 5. The van der Waals surface area contributed by atoms with Crippen molar-refractivity contribution in [2.45, 2.75) is 39.7 Å². The zero-order valence-corrected chi connectivity index (χ0v) is 13.4. The highest BCUT2D eigenvalue weighted by Gasteiger charge is 2.17. The predicted molar refractivity (Wildman–Crippen MR) is 85.0 cm³/mol. The summed E-state index contributed by atoms with van der Waals surface area (Å²) >= 11 is 2.34. The molecule has 0 aliphatic carbocycles. The molecule has 0 amide bonds. The van der Waals surface area contributed by atoms with Crippen LogP contribution in [0.3, 0.4) is 0 Å². The first-order valence-corrected chi connectivity index (χ1v) is 7.63. The van der Waals surface area contributed by atoms with Crippen LogP contribution in [0.4, 0.5) is 0 Å². The molecule has 98 valence electrons. The quantitative estimate of drug-likeness (QED) is 0.622. The Morgan fingerprint density at radius 1 is 1.33 bits per heavy atom. The summed E-state index contributed by atoms with van der Waals surface area (Å²) in [5.74, 6) is 1.58. The van der Waals surface area contributed by atoms with Crippen molar-refractivity contribution in [3.63, 3.8) is 0 Å². The van der Waals surface area contributed by atoms with Crippen LogP contribution in [0, 0.1) is 3.57 Å². The minimum atomic E-state index is 0.489. The van der Waals surface area contributed by atoms with E-state index in [2.05, 4.69) is 66.9 Å². The van der Waals surface area contributed by atoms with Crippen LogP contribution in [0.15, 0.2) is 22.6 Å². The monoisotopic (exact) mass is 357 g/mol. The van der Waals surface area contributed by atoms with Gasteiger partial charge in [-0.1, -0.05) is 32.9 Å². The molecule has 0 aliphatic rings. The molecular formula is C15H20INO. The number of para-hydroxylation sites is 1. The van der Waals surface area contributed by atoms with Gasteiger partial charge in [0.15, 0.2) is 0 Å². The van der Waals surface area contributed by atoms with Crippen LogP contribution in [0.25, 0.3) is 11.0 Å². The van der Waals surface area contributed by atoms with Gasteiger partial charge in [0.2, 0.25) is 0 Å². The van der Waals surface area contributed by atoms with Gasteiger partial charge in [-0.15, -0.1) is 0 Å². The lowest BCUT2D eigenvalue weighted by molar-refractivity contribution is 0.503. The van der Waals surface area contributed by atoms with E-state index in [9.17, 15) is 0 Å². The van der Waals surface area contributed by atoms with Gasteiger partial charge in [0, 0.05) is 10.9 Å². The fourth-order valence-corrected chi connectivity index (χ4v) is 2.90. The summed E-state index contributed by atoms with van der Waals surface area (Å²) in [4.78, 5) is 0. The first kappa shape index (κ1) is 13.9. The van der Waals surface area contributed by atoms with E-state index in [1.54, 1.807) is 0 Å². The summed E-state index contributed by atoms with van der Waals surface area (Å²) in [6, 6.07) is 6.37. The molecular weight excluding hydrogens is 337 g/mol. The lowest BCUT2D eigenvalue weighted by atomic mass is 9.99. The third-order valence-electron chi connectivity index (χ3n) is 3.07. The summed E-state index contributed by atoms with van der Waals surface area (Å²) in [5, 5.41) is 4.70. The molecule has 0 saturated heterocycles. The van der Waals surface area contributed by atoms with Crippen molar-refractivity contribution in [3.05, 3.63) is 33.1 Å². The average Bonchev–Trinajstić information content (AvgIpc) is 2.69. The second-order valence-electron chi connectivity index (χ2n) is 4.89. The average molecular weight is 357 g/mol. The van der Waals surface area contributed by atoms with Gasteiger partial charge in [-0.2, -0.15) is 0 Å². The summed E-state index contributed by atoms with van der Waals surface area (Å²) < 4.78 is 7.26. The maximum absolute atomic E-state index is 6.07. The Morgan fingerprint density at radius 2 is 2.11 bits per heavy atom. The van der Waals surface area contributed by atoms with E-state index in [0.717, 1.165) is 30.9 Å². The number of nitrogens with one attached hydrogen (secondary N) is 1. The highest BCUT2D eigenvalue weighted by Crippen LogP contribution is 2.34. The van der Waals surface area contributed by atoms with Crippen LogP contribution in [-0.4, -0.2) is 6.54 Å².